The molecular formula is C17H17FN2O4S. The molecule has 2 aromatic carbocycles. The van der Waals surface area contributed by atoms with Gasteiger partial charge in [-0.1, -0.05) is 18.2 Å². The summed E-state index contributed by atoms with van der Waals surface area (Å²) in [5.41, 5.74) is 0.433. The molecular weight excluding hydrogens is 347 g/mol. The molecule has 8 heteroatoms. The molecule has 0 N–H and O–H groups in total. The van der Waals surface area contributed by atoms with Crippen LogP contribution in [0.1, 0.15) is 0 Å². The summed E-state index contributed by atoms with van der Waals surface area (Å²) in [6.45, 7) is 0.169. The first-order valence-corrected chi connectivity index (χ1v) is 9.08. The summed E-state index contributed by atoms with van der Waals surface area (Å²) in [5, 5.41) is 0. The van der Waals surface area contributed by atoms with Crippen molar-refractivity contribution in [3.8, 4) is 5.75 Å². The molecule has 0 bridgehead atoms. The highest BCUT2D eigenvalue weighted by atomic mass is 32.2. The van der Waals surface area contributed by atoms with E-state index in [-0.39, 0.29) is 30.3 Å². The van der Waals surface area contributed by atoms with Gasteiger partial charge in [-0.25, -0.2) is 12.8 Å². The molecule has 132 valence electrons. The minimum Gasteiger partial charge on any atom is -0.489 e. The van der Waals surface area contributed by atoms with Gasteiger partial charge in [0.05, 0.1) is 23.7 Å². The van der Waals surface area contributed by atoms with E-state index >= 15 is 0 Å². The lowest BCUT2D eigenvalue weighted by molar-refractivity contribution is -0.118. The van der Waals surface area contributed by atoms with Gasteiger partial charge in [0.2, 0.25) is 15.9 Å². The smallest absolute Gasteiger partial charge is 0.243 e. The molecule has 0 atom stereocenters. The summed E-state index contributed by atoms with van der Waals surface area (Å²) in [7, 11) is -2.41. The highest BCUT2D eigenvalue weighted by Gasteiger charge is 2.28. The zero-order chi connectivity index (χ0) is 18.0. The largest absolute Gasteiger partial charge is 0.489 e. The number of nitrogens with zero attached hydrogens (tertiary/aromatic N) is 2. The van der Waals surface area contributed by atoms with Gasteiger partial charge in [-0.2, -0.15) is 4.31 Å². The summed E-state index contributed by atoms with van der Waals surface area (Å²) in [6.07, 6.45) is 0. The van der Waals surface area contributed by atoms with Gasteiger partial charge in [0.1, 0.15) is 18.2 Å². The second-order valence-electron chi connectivity index (χ2n) is 5.58. The Morgan fingerprint density at radius 1 is 1.24 bits per heavy atom. The van der Waals surface area contributed by atoms with Gasteiger partial charge in [0.15, 0.2) is 0 Å². The lowest BCUT2D eigenvalue weighted by atomic mass is 10.2. The highest BCUT2D eigenvalue weighted by Crippen LogP contribution is 2.32. The van der Waals surface area contributed by atoms with Crippen molar-refractivity contribution in [1.29, 1.82) is 0 Å². The van der Waals surface area contributed by atoms with E-state index in [4.69, 9.17) is 4.74 Å². The van der Waals surface area contributed by atoms with Crippen molar-refractivity contribution in [1.82, 2.24) is 4.31 Å². The molecule has 1 heterocycles. The maximum atomic E-state index is 13.3. The van der Waals surface area contributed by atoms with Crippen LogP contribution in [-0.2, 0) is 14.8 Å². The molecule has 0 saturated carbocycles. The van der Waals surface area contributed by atoms with E-state index in [0.717, 1.165) is 4.31 Å². The standard InChI is InChI=1S/C17H17FN2O4S/c1-19(25(22,23)14-5-3-2-4-6-14)12-17(21)20-9-10-24-16-11-13(18)7-8-15(16)20/h2-8,11H,9-10,12H2,1H3. The van der Waals surface area contributed by atoms with Gasteiger partial charge in [-0.3, -0.25) is 4.79 Å². The molecule has 1 amide bonds. The molecule has 25 heavy (non-hydrogen) atoms. The van der Waals surface area contributed by atoms with Crippen LogP contribution in [0.5, 0.6) is 5.75 Å². The lowest BCUT2D eigenvalue weighted by Gasteiger charge is -2.30. The van der Waals surface area contributed by atoms with Gasteiger partial charge < -0.3 is 9.64 Å². The Balaban J connectivity index is 1.79. The van der Waals surface area contributed by atoms with E-state index in [1.54, 1.807) is 18.2 Å². The van der Waals surface area contributed by atoms with Crippen molar-refractivity contribution < 1.29 is 22.3 Å². The topological polar surface area (TPSA) is 66.9 Å². The van der Waals surface area contributed by atoms with Crippen LogP contribution < -0.4 is 9.64 Å². The number of fused-ring (bicyclic) bond motifs is 1. The first-order valence-electron chi connectivity index (χ1n) is 7.64. The Morgan fingerprint density at radius 2 is 1.96 bits per heavy atom. The van der Waals surface area contributed by atoms with Gasteiger partial charge in [0, 0.05) is 13.1 Å². The van der Waals surface area contributed by atoms with Crippen LogP contribution in [0.15, 0.2) is 53.4 Å². The third-order valence-corrected chi connectivity index (χ3v) is 5.71. The first-order chi connectivity index (χ1) is 11.9. The number of amides is 1. The number of rotatable bonds is 4. The van der Waals surface area contributed by atoms with Crippen LogP contribution in [-0.4, -0.2) is 45.4 Å². The SMILES string of the molecule is CN(CC(=O)N1CCOc2cc(F)ccc21)S(=O)(=O)c1ccccc1. The molecule has 0 fully saturated rings. The third-order valence-electron chi connectivity index (χ3n) is 3.90. The average Bonchev–Trinajstić information content (AvgIpc) is 2.61. The second kappa shape index (κ2) is 6.81. The van der Waals surface area contributed by atoms with Crippen molar-refractivity contribution >= 4 is 21.6 Å². The summed E-state index contributed by atoms with van der Waals surface area (Å²) >= 11 is 0. The molecule has 2 aromatic rings. The molecule has 0 aromatic heterocycles. The summed E-state index contributed by atoms with van der Waals surface area (Å²) in [6, 6.07) is 11.8. The predicted molar refractivity (Wildman–Crippen MR) is 90.5 cm³/mol. The van der Waals surface area contributed by atoms with Crippen LogP contribution >= 0.6 is 0 Å². The Morgan fingerprint density at radius 3 is 2.68 bits per heavy atom. The molecule has 1 aliphatic rings. The van der Waals surface area contributed by atoms with Crippen LogP contribution in [0, 0.1) is 5.82 Å². The fourth-order valence-corrected chi connectivity index (χ4v) is 3.73. The molecule has 0 radical (unpaired) electrons. The van der Waals surface area contributed by atoms with Crippen LogP contribution in [0.25, 0.3) is 0 Å². The number of anilines is 1. The average molecular weight is 364 g/mol. The Hall–Kier alpha value is -2.45. The minimum absolute atomic E-state index is 0.120. The maximum Gasteiger partial charge on any atom is 0.243 e. The number of sulfonamides is 1. The zero-order valence-corrected chi connectivity index (χ0v) is 14.4. The Kier molecular flexibility index (Phi) is 4.73. The number of carbonyl (C=O) groups excluding carboxylic acids is 1. The van der Waals surface area contributed by atoms with Crippen LogP contribution in [0.2, 0.25) is 0 Å². The van der Waals surface area contributed by atoms with Crippen LogP contribution in [0.3, 0.4) is 0 Å². The molecule has 0 unspecified atom stereocenters. The number of hydrogen-bond acceptors (Lipinski definition) is 4. The van der Waals surface area contributed by atoms with Crippen LogP contribution in [0.4, 0.5) is 10.1 Å². The molecule has 0 saturated heterocycles. The molecule has 6 nitrogen and oxygen atoms in total. The number of ether oxygens (including phenoxy) is 1. The number of halogens is 1. The summed E-state index contributed by atoms with van der Waals surface area (Å²) in [5.74, 6) is -0.594. The fraction of sp³-hybridized carbons (Fsp3) is 0.235. The van der Waals surface area contributed by atoms with E-state index in [2.05, 4.69) is 0 Å². The number of likely N-dealkylation sites (N-methyl/N-ethyl adjacent to an activating group) is 1. The van der Waals surface area contributed by atoms with Gasteiger partial charge >= 0.3 is 0 Å². The van der Waals surface area contributed by atoms with E-state index in [0.29, 0.717) is 5.69 Å². The molecule has 1 aliphatic heterocycles. The summed E-state index contributed by atoms with van der Waals surface area (Å²) < 4.78 is 44.7. The quantitative estimate of drug-likeness (QED) is 0.831. The normalized spacial score (nSPS) is 14.1. The predicted octanol–water partition coefficient (Wildman–Crippen LogP) is 1.87. The molecule has 0 spiro atoms. The van der Waals surface area contributed by atoms with Crippen molar-refractivity contribution in [2.75, 3.05) is 31.6 Å². The third kappa shape index (κ3) is 3.49. The Labute approximate surface area is 145 Å². The second-order valence-corrected chi connectivity index (χ2v) is 7.62. The van der Waals surface area contributed by atoms with E-state index in [1.165, 1.54) is 42.3 Å². The fourth-order valence-electron chi connectivity index (χ4n) is 2.59. The first kappa shape index (κ1) is 17.4. The number of carbonyl (C=O) groups is 1. The minimum atomic E-state index is -3.76. The number of benzene rings is 2. The monoisotopic (exact) mass is 364 g/mol. The van der Waals surface area contributed by atoms with Gasteiger partial charge in [-0.05, 0) is 24.3 Å². The van der Waals surface area contributed by atoms with E-state index < -0.39 is 21.7 Å². The summed E-state index contributed by atoms with van der Waals surface area (Å²) in [4.78, 5) is 14.1. The van der Waals surface area contributed by atoms with Crippen molar-refractivity contribution in [3.05, 3.63) is 54.3 Å². The van der Waals surface area contributed by atoms with Crippen molar-refractivity contribution in [2.24, 2.45) is 0 Å². The van der Waals surface area contributed by atoms with Gasteiger partial charge in [0.25, 0.3) is 0 Å². The van der Waals surface area contributed by atoms with E-state index in [9.17, 15) is 17.6 Å². The molecule has 3 rings (SSSR count). The Bertz CT molecular complexity index is 887. The number of hydrogen-bond donors (Lipinski definition) is 0. The molecule has 0 aliphatic carbocycles. The van der Waals surface area contributed by atoms with Gasteiger partial charge in [-0.15, -0.1) is 0 Å². The highest BCUT2D eigenvalue weighted by molar-refractivity contribution is 7.89. The van der Waals surface area contributed by atoms with E-state index in [1.807, 2.05) is 0 Å². The lowest BCUT2D eigenvalue weighted by Crippen LogP contribution is -2.44. The van der Waals surface area contributed by atoms with Crippen molar-refractivity contribution in [3.63, 3.8) is 0 Å². The van der Waals surface area contributed by atoms with Crippen molar-refractivity contribution in [2.45, 2.75) is 4.90 Å². The zero-order valence-electron chi connectivity index (χ0n) is 13.6. The maximum absolute atomic E-state index is 13.3.